The highest BCUT2D eigenvalue weighted by Gasteiger charge is 2.06. The van der Waals surface area contributed by atoms with E-state index in [0.717, 1.165) is 12.4 Å². The van der Waals surface area contributed by atoms with E-state index in [1.54, 1.807) is 11.7 Å². The smallest absolute Gasteiger partial charge is 0.221 e. The number of halogens is 1. The molecule has 0 saturated heterocycles. The van der Waals surface area contributed by atoms with Crippen LogP contribution in [0.2, 0.25) is 5.15 Å². The topological polar surface area (TPSA) is 38.1 Å². The van der Waals surface area contributed by atoms with E-state index in [0.29, 0.717) is 0 Å². The van der Waals surface area contributed by atoms with E-state index in [4.69, 9.17) is 11.6 Å². The Labute approximate surface area is 81.7 Å². The Kier molecular flexibility index (Phi) is 2.93. The minimum atomic E-state index is -0.241. The van der Waals surface area contributed by atoms with E-state index >= 15 is 0 Å². The van der Waals surface area contributed by atoms with Crippen LogP contribution in [0.5, 0.6) is 0 Å². The molecule has 1 aromatic heterocycles. The third-order valence-corrected chi connectivity index (χ3v) is 2.16. The van der Waals surface area contributed by atoms with Gasteiger partial charge in [-0.25, -0.2) is 0 Å². The molecule has 0 aliphatic rings. The molecule has 0 saturated carbocycles. The van der Waals surface area contributed by atoms with E-state index in [2.05, 4.69) is 5.10 Å². The van der Waals surface area contributed by atoms with Crippen LogP contribution in [0, 0.1) is 0 Å². The second-order valence-electron chi connectivity index (χ2n) is 2.80. The number of rotatable bonds is 2. The van der Waals surface area contributed by atoms with E-state index in [1.165, 1.54) is 6.07 Å². The number of aryl methyl sites for hydroxylation is 1. The largest absolute Gasteiger partial charge is 0.360 e. The summed E-state index contributed by atoms with van der Waals surface area (Å²) >= 11 is 5.57. The molecule has 13 heavy (non-hydrogen) atoms. The summed E-state index contributed by atoms with van der Waals surface area (Å²) in [6, 6.07) is 1.48. The van der Waals surface area contributed by atoms with E-state index in [-0.39, 0.29) is 10.6 Å². The van der Waals surface area contributed by atoms with Gasteiger partial charge in [-0.1, -0.05) is 11.6 Å². The van der Waals surface area contributed by atoms with Gasteiger partial charge < -0.3 is 4.90 Å². The molecule has 0 spiro atoms. The average molecular weight is 202 g/mol. The van der Waals surface area contributed by atoms with Crippen molar-refractivity contribution in [2.75, 3.05) is 18.5 Å². The summed E-state index contributed by atoms with van der Waals surface area (Å²) in [5.74, 6) is 0.761. The SMILES string of the molecule is CCN(C)c1cc(=O)c(Cl)nn1C. The number of anilines is 1. The Hall–Kier alpha value is -1.03. The van der Waals surface area contributed by atoms with Crippen molar-refractivity contribution in [3.8, 4) is 0 Å². The predicted octanol–water partition coefficient (Wildman–Crippen LogP) is 0.890. The highest BCUT2D eigenvalue weighted by atomic mass is 35.5. The van der Waals surface area contributed by atoms with Gasteiger partial charge in [0.05, 0.1) is 0 Å². The van der Waals surface area contributed by atoms with Crippen LogP contribution in [0.1, 0.15) is 6.92 Å². The molecule has 4 nitrogen and oxygen atoms in total. The van der Waals surface area contributed by atoms with Crippen LogP contribution in [-0.4, -0.2) is 23.4 Å². The van der Waals surface area contributed by atoms with Crippen molar-refractivity contribution in [1.82, 2.24) is 9.78 Å². The molecular weight excluding hydrogens is 190 g/mol. The van der Waals surface area contributed by atoms with E-state index < -0.39 is 0 Å². The van der Waals surface area contributed by atoms with Gasteiger partial charge in [-0.05, 0) is 6.92 Å². The number of aromatic nitrogens is 2. The Balaban J connectivity index is 3.23. The Morgan fingerprint density at radius 2 is 2.31 bits per heavy atom. The zero-order chi connectivity index (χ0) is 10.0. The predicted molar refractivity (Wildman–Crippen MR) is 53.4 cm³/mol. The molecule has 0 bridgehead atoms. The fraction of sp³-hybridized carbons (Fsp3) is 0.500. The molecule has 0 radical (unpaired) electrons. The van der Waals surface area contributed by atoms with Crippen molar-refractivity contribution < 1.29 is 0 Å². The van der Waals surface area contributed by atoms with Gasteiger partial charge in [-0.2, -0.15) is 5.10 Å². The molecular formula is C8H12ClN3O. The van der Waals surface area contributed by atoms with Crippen LogP contribution in [0.15, 0.2) is 10.9 Å². The summed E-state index contributed by atoms with van der Waals surface area (Å²) in [4.78, 5) is 13.1. The van der Waals surface area contributed by atoms with Crippen molar-refractivity contribution in [2.45, 2.75) is 6.92 Å². The van der Waals surface area contributed by atoms with Crippen molar-refractivity contribution in [3.63, 3.8) is 0 Å². The number of hydrogen-bond donors (Lipinski definition) is 0. The number of nitrogens with zero attached hydrogens (tertiary/aromatic N) is 3. The van der Waals surface area contributed by atoms with Gasteiger partial charge in [-0.15, -0.1) is 0 Å². The average Bonchev–Trinajstić information content (AvgIpc) is 2.10. The molecule has 0 aliphatic heterocycles. The lowest BCUT2D eigenvalue weighted by Crippen LogP contribution is -2.24. The van der Waals surface area contributed by atoms with Gasteiger partial charge in [0.25, 0.3) is 0 Å². The molecule has 1 heterocycles. The van der Waals surface area contributed by atoms with Crippen molar-refractivity contribution in [1.29, 1.82) is 0 Å². The summed E-state index contributed by atoms with van der Waals surface area (Å²) < 4.78 is 1.59. The van der Waals surface area contributed by atoms with Crippen LogP contribution in [0.4, 0.5) is 5.82 Å². The summed E-state index contributed by atoms with van der Waals surface area (Å²) in [6.45, 7) is 2.82. The van der Waals surface area contributed by atoms with Crippen molar-refractivity contribution >= 4 is 17.4 Å². The van der Waals surface area contributed by atoms with Gasteiger partial charge >= 0.3 is 0 Å². The standard InChI is InChI=1S/C8H12ClN3O/c1-4-11(2)7-5-6(13)8(9)10-12(7)3/h5H,4H2,1-3H3. The van der Waals surface area contributed by atoms with Gasteiger partial charge in [0.2, 0.25) is 5.43 Å². The molecule has 0 amide bonds. The second kappa shape index (κ2) is 3.79. The van der Waals surface area contributed by atoms with Crippen LogP contribution in [0.25, 0.3) is 0 Å². The maximum atomic E-state index is 11.2. The summed E-state index contributed by atoms with van der Waals surface area (Å²) in [5.41, 5.74) is -0.241. The Morgan fingerprint density at radius 1 is 1.69 bits per heavy atom. The third-order valence-electron chi connectivity index (χ3n) is 1.90. The van der Waals surface area contributed by atoms with Crippen molar-refractivity contribution in [3.05, 3.63) is 21.4 Å². The third kappa shape index (κ3) is 2.01. The molecule has 5 heteroatoms. The maximum Gasteiger partial charge on any atom is 0.221 e. The maximum absolute atomic E-state index is 11.2. The minimum absolute atomic E-state index is 0.00996. The summed E-state index contributed by atoms with van der Waals surface area (Å²) in [7, 11) is 3.65. The summed E-state index contributed by atoms with van der Waals surface area (Å²) in [5, 5.41) is 3.88. The van der Waals surface area contributed by atoms with E-state index in [1.807, 2.05) is 18.9 Å². The monoisotopic (exact) mass is 201 g/mol. The van der Waals surface area contributed by atoms with Crippen LogP contribution >= 0.6 is 11.6 Å². The first-order chi connectivity index (χ1) is 6.06. The zero-order valence-electron chi connectivity index (χ0n) is 7.91. The molecule has 0 N–H and O–H groups in total. The van der Waals surface area contributed by atoms with Crippen molar-refractivity contribution in [2.24, 2.45) is 7.05 Å². The molecule has 0 aliphatic carbocycles. The molecule has 0 fully saturated rings. The molecule has 1 aromatic rings. The first kappa shape index (κ1) is 10.1. The fourth-order valence-electron chi connectivity index (χ4n) is 1.02. The lowest BCUT2D eigenvalue weighted by atomic mass is 10.4. The minimum Gasteiger partial charge on any atom is -0.360 e. The van der Waals surface area contributed by atoms with Gasteiger partial charge in [-0.3, -0.25) is 9.48 Å². The highest BCUT2D eigenvalue weighted by Crippen LogP contribution is 2.08. The second-order valence-corrected chi connectivity index (χ2v) is 3.15. The lowest BCUT2D eigenvalue weighted by Gasteiger charge is -2.18. The van der Waals surface area contributed by atoms with Gasteiger partial charge in [0.1, 0.15) is 5.82 Å². The first-order valence-electron chi connectivity index (χ1n) is 4.01. The first-order valence-corrected chi connectivity index (χ1v) is 4.39. The fourth-order valence-corrected chi connectivity index (χ4v) is 1.19. The van der Waals surface area contributed by atoms with Crippen LogP contribution < -0.4 is 10.3 Å². The lowest BCUT2D eigenvalue weighted by molar-refractivity contribution is 0.711. The molecule has 1 rings (SSSR count). The Bertz CT molecular complexity index is 361. The van der Waals surface area contributed by atoms with E-state index in [9.17, 15) is 4.79 Å². The van der Waals surface area contributed by atoms with Gasteiger partial charge in [0.15, 0.2) is 5.15 Å². The van der Waals surface area contributed by atoms with Crippen LogP contribution in [0.3, 0.4) is 0 Å². The molecule has 0 aromatic carbocycles. The summed E-state index contributed by atoms with van der Waals surface area (Å²) in [6.07, 6.45) is 0. The number of hydrogen-bond acceptors (Lipinski definition) is 3. The molecule has 72 valence electrons. The molecule has 0 unspecified atom stereocenters. The van der Waals surface area contributed by atoms with Crippen LogP contribution in [-0.2, 0) is 7.05 Å². The highest BCUT2D eigenvalue weighted by molar-refractivity contribution is 6.29. The Morgan fingerprint density at radius 3 is 2.85 bits per heavy atom. The quantitative estimate of drug-likeness (QED) is 0.714. The molecule has 0 atom stereocenters. The van der Waals surface area contributed by atoms with Gasteiger partial charge in [0, 0.05) is 26.7 Å². The zero-order valence-corrected chi connectivity index (χ0v) is 8.67. The normalized spacial score (nSPS) is 10.2.